The van der Waals surface area contributed by atoms with Crippen LogP contribution in [-0.4, -0.2) is 39.5 Å². The van der Waals surface area contributed by atoms with Gasteiger partial charge in [0.2, 0.25) is 0 Å². The van der Waals surface area contributed by atoms with Gasteiger partial charge in [-0.25, -0.2) is 4.98 Å². The number of rotatable bonds is 9. The first-order chi connectivity index (χ1) is 10.2. The molecule has 1 aromatic heterocycles. The van der Waals surface area contributed by atoms with Crippen LogP contribution in [0.4, 0.5) is 0 Å². The fourth-order valence-electron chi connectivity index (χ4n) is 2.43. The number of aliphatic hydroxyl groups is 1. The molecule has 5 heteroatoms. The van der Waals surface area contributed by atoms with Crippen molar-refractivity contribution in [3.8, 4) is 0 Å². The van der Waals surface area contributed by atoms with E-state index in [1.54, 1.807) is 11.8 Å². The summed E-state index contributed by atoms with van der Waals surface area (Å²) in [5, 5.41) is 13.8. The lowest BCUT2D eigenvalue weighted by Crippen LogP contribution is -2.45. The summed E-state index contributed by atoms with van der Waals surface area (Å²) in [5.41, 5.74) is 1.98. The topological polar surface area (TPSA) is 60.9 Å². The van der Waals surface area contributed by atoms with Gasteiger partial charge in [0.15, 0.2) is 5.16 Å². The Bertz CT molecular complexity index is 524. The van der Waals surface area contributed by atoms with Crippen LogP contribution in [0.2, 0.25) is 0 Å². The molecule has 3 N–H and O–H groups in total. The average Bonchev–Trinajstić information content (AvgIpc) is 2.90. The first-order valence-electron chi connectivity index (χ1n) is 7.60. The maximum atomic E-state index is 9.45. The van der Waals surface area contributed by atoms with Gasteiger partial charge in [-0.15, -0.1) is 0 Å². The first-order valence-corrected chi connectivity index (χ1v) is 8.59. The number of likely N-dealkylation sites (N-methyl/N-ethyl adjacent to an activating group) is 1. The number of imidazole rings is 1. The third kappa shape index (κ3) is 4.73. The molecule has 0 radical (unpaired) electrons. The zero-order valence-corrected chi connectivity index (χ0v) is 13.7. The van der Waals surface area contributed by atoms with Crippen LogP contribution in [0, 0.1) is 0 Å². The molecule has 0 aliphatic rings. The summed E-state index contributed by atoms with van der Waals surface area (Å²) >= 11 is 1.77. The quantitative estimate of drug-likeness (QED) is 0.492. The third-order valence-electron chi connectivity index (χ3n) is 3.68. The molecule has 21 heavy (non-hydrogen) atoms. The Morgan fingerprint density at radius 3 is 2.86 bits per heavy atom. The largest absolute Gasteiger partial charge is 0.394 e. The lowest BCUT2D eigenvalue weighted by atomic mass is 9.96. The molecule has 0 aliphatic heterocycles. The van der Waals surface area contributed by atoms with E-state index in [-0.39, 0.29) is 12.1 Å². The van der Waals surface area contributed by atoms with Gasteiger partial charge in [-0.05, 0) is 38.4 Å². The van der Waals surface area contributed by atoms with Crippen LogP contribution in [0.1, 0.15) is 33.1 Å². The number of thioether (sulfide) groups is 1. The standard InChI is InChI=1S/C16H25N3OS/c1-3-17-16(2,12-20)10-6-7-11-21-15-18-13-8-4-5-9-14(13)19-15/h4-5,8-9,17,20H,3,6-7,10-12H2,1-2H3,(H,18,19). The second kappa shape index (κ2) is 7.82. The number of fused-ring (bicyclic) bond motifs is 1. The molecule has 1 atom stereocenters. The molecule has 0 saturated carbocycles. The zero-order chi connectivity index (χ0) is 15.1. The lowest BCUT2D eigenvalue weighted by molar-refractivity contribution is 0.165. The van der Waals surface area contributed by atoms with Crippen molar-refractivity contribution in [3.05, 3.63) is 24.3 Å². The van der Waals surface area contributed by atoms with Crippen molar-refractivity contribution in [2.24, 2.45) is 0 Å². The Kier molecular flexibility index (Phi) is 6.08. The van der Waals surface area contributed by atoms with Gasteiger partial charge in [-0.2, -0.15) is 0 Å². The van der Waals surface area contributed by atoms with E-state index in [0.717, 1.165) is 47.7 Å². The molecule has 116 valence electrons. The second-order valence-electron chi connectivity index (χ2n) is 5.61. The van der Waals surface area contributed by atoms with E-state index in [1.807, 2.05) is 18.2 Å². The minimum absolute atomic E-state index is 0.140. The van der Waals surface area contributed by atoms with Gasteiger partial charge >= 0.3 is 0 Å². The predicted molar refractivity (Wildman–Crippen MR) is 89.8 cm³/mol. The number of H-pyrrole nitrogens is 1. The van der Waals surface area contributed by atoms with Crippen molar-refractivity contribution in [2.45, 2.75) is 43.8 Å². The third-order valence-corrected chi connectivity index (χ3v) is 4.64. The fourth-order valence-corrected chi connectivity index (χ4v) is 3.32. The lowest BCUT2D eigenvalue weighted by Gasteiger charge is -2.28. The van der Waals surface area contributed by atoms with Crippen molar-refractivity contribution in [1.29, 1.82) is 0 Å². The van der Waals surface area contributed by atoms with Gasteiger partial charge < -0.3 is 15.4 Å². The molecular formula is C16H25N3OS. The number of aliphatic hydroxyl groups excluding tert-OH is 1. The number of hydrogen-bond donors (Lipinski definition) is 3. The molecule has 0 saturated heterocycles. The molecule has 2 aromatic rings. The van der Waals surface area contributed by atoms with Crippen molar-refractivity contribution < 1.29 is 5.11 Å². The Hall–Kier alpha value is -1.04. The molecule has 0 fully saturated rings. The molecule has 0 spiro atoms. The van der Waals surface area contributed by atoms with Crippen molar-refractivity contribution >= 4 is 22.8 Å². The monoisotopic (exact) mass is 307 g/mol. The first kappa shape index (κ1) is 16.3. The minimum atomic E-state index is -0.140. The van der Waals surface area contributed by atoms with E-state index < -0.39 is 0 Å². The Balaban J connectivity index is 1.72. The highest BCUT2D eigenvalue weighted by molar-refractivity contribution is 7.99. The SMILES string of the molecule is CCNC(C)(CO)CCCCSc1nc2ccccc2[nH]1. The summed E-state index contributed by atoms with van der Waals surface area (Å²) in [5.74, 6) is 1.05. The van der Waals surface area contributed by atoms with Gasteiger partial charge in [-0.3, -0.25) is 0 Å². The van der Waals surface area contributed by atoms with Gasteiger partial charge in [0, 0.05) is 11.3 Å². The zero-order valence-electron chi connectivity index (χ0n) is 12.9. The summed E-state index contributed by atoms with van der Waals surface area (Å²) in [6.07, 6.45) is 3.23. The number of unbranched alkanes of at least 4 members (excludes halogenated alkanes) is 1. The number of aromatic amines is 1. The van der Waals surface area contributed by atoms with Crippen molar-refractivity contribution in [2.75, 3.05) is 18.9 Å². The number of hydrogen-bond acceptors (Lipinski definition) is 4. The van der Waals surface area contributed by atoms with E-state index >= 15 is 0 Å². The molecule has 0 aliphatic carbocycles. The highest BCUT2D eigenvalue weighted by Gasteiger charge is 2.20. The fraction of sp³-hybridized carbons (Fsp3) is 0.562. The van der Waals surface area contributed by atoms with Crippen LogP contribution < -0.4 is 5.32 Å². The predicted octanol–water partition coefficient (Wildman–Crippen LogP) is 3.19. The van der Waals surface area contributed by atoms with Gasteiger partial charge in [0.1, 0.15) is 0 Å². The molecular weight excluding hydrogens is 282 g/mol. The summed E-state index contributed by atoms with van der Waals surface area (Å²) < 4.78 is 0. The van der Waals surface area contributed by atoms with Crippen LogP contribution in [0.5, 0.6) is 0 Å². The highest BCUT2D eigenvalue weighted by Crippen LogP contribution is 2.21. The smallest absolute Gasteiger partial charge is 0.166 e. The van der Waals surface area contributed by atoms with Crippen LogP contribution >= 0.6 is 11.8 Å². The molecule has 1 unspecified atom stereocenters. The van der Waals surface area contributed by atoms with E-state index in [9.17, 15) is 5.11 Å². The van der Waals surface area contributed by atoms with E-state index in [4.69, 9.17) is 0 Å². The number of nitrogens with one attached hydrogen (secondary N) is 2. The van der Waals surface area contributed by atoms with Crippen LogP contribution in [0.3, 0.4) is 0 Å². The maximum absolute atomic E-state index is 9.45. The number of nitrogens with zero attached hydrogens (tertiary/aromatic N) is 1. The van der Waals surface area contributed by atoms with E-state index in [1.165, 1.54) is 0 Å². The minimum Gasteiger partial charge on any atom is -0.394 e. The summed E-state index contributed by atoms with van der Waals surface area (Å²) in [4.78, 5) is 7.89. The molecule has 0 bridgehead atoms. The second-order valence-corrected chi connectivity index (χ2v) is 6.70. The van der Waals surface area contributed by atoms with Crippen molar-refractivity contribution in [3.63, 3.8) is 0 Å². The molecule has 1 heterocycles. The highest BCUT2D eigenvalue weighted by atomic mass is 32.2. The average molecular weight is 307 g/mol. The molecule has 2 rings (SSSR count). The molecule has 1 aromatic carbocycles. The molecule has 0 amide bonds. The summed E-state index contributed by atoms with van der Waals surface area (Å²) in [6.45, 7) is 5.25. The Labute approximate surface area is 130 Å². The molecule has 4 nitrogen and oxygen atoms in total. The van der Waals surface area contributed by atoms with Crippen LogP contribution in [0.15, 0.2) is 29.4 Å². The number of para-hydroxylation sites is 2. The Morgan fingerprint density at radius 1 is 1.33 bits per heavy atom. The Morgan fingerprint density at radius 2 is 2.14 bits per heavy atom. The number of benzene rings is 1. The van der Waals surface area contributed by atoms with E-state index in [0.29, 0.717) is 0 Å². The van der Waals surface area contributed by atoms with Crippen molar-refractivity contribution in [1.82, 2.24) is 15.3 Å². The number of aromatic nitrogens is 2. The van der Waals surface area contributed by atoms with Crippen LogP contribution in [0.25, 0.3) is 11.0 Å². The van der Waals surface area contributed by atoms with E-state index in [2.05, 4.69) is 35.2 Å². The summed E-state index contributed by atoms with van der Waals surface area (Å²) in [6, 6.07) is 8.11. The van der Waals surface area contributed by atoms with Gasteiger partial charge in [0.25, 0.3) is 0 Å². The maximum Gasteiger partial charge on any atom is 0.166 e. The van der Waals surface area contributed by atoms with Crippen LogP contribution in [-0.2, 0) is 0 Å². The van der Waals surface area contributed by atoms with Gasteiger partial charge in [-0.1, -0.05) is 37.2 Å². The normalized spacial score (nSPS) is 14.4. The van der Waals surface area contributed by atoms with Gasteiger partial charge in [0.05, 0.1) is 17.6 Å². The summed E-state index contributed by atoms with van der Waals surface area (Å²) in [7, 11) is 0.